The van der Waals surface area contributed by atoms with E-state index in [4.69, 9.17) is 9.47 Å². The molecule has 1 atom stereocenters. The lowest BCUT2D eigenvalue weighted by molar-refractivity contribution is 0.0420. The monoisotopic (exact) mass is 303 g/mol. The molecule has 2 N–H and O–H groups in total. The van der Waals surface area contributed by atoms with E-state index in [1.165, 1.54) is 18.6 Å². The molecular weight excluding hydrogens is 274 g/mol. The van der Waals surface area contributed by atoms with Gasteiger partial charge in [0, 0.05) is 33.4 Å². The third-order valence-corrected chi connectivity index (χ3v) is 3.84. The molecule has 0 radical (unpaired) electrons. The summed E-state index contributed by atoms with van der Waals surface area (Å²) >= 11 is 1.90. The Morgan fingerprint density at radius 1 is 1.30 bits per heavy atom. The molecule has 0 aromatic carbocycles. The molecule has 1 rings (SSSR count). The Hall–Kier alpha value is -0.460. The number of nitrogens with zero attached hydrogens (tertiary/aromatic N) is 1. The lowest BCUT2D eigenvalue weighted by atomic mass is 10.3. The van der Waals surface area contributed by atoms with Crippen LogP contribution in [-0.2, 0) is 9.47 Å². The first kappa shape index (κ1) is 17.6. The molecule has 1 saturated heterocycles. The van der Waals surface area contributed by atoms with Crippen molar-refractivity contribution in [1.29, 1.82) is 0 Å². The fraction of sp³-hybridized carbons (Fsp3) is 0.929. The van der Waals surface area contributed by atoms with E-state index in [2.05, 4.69) is 21.9 Å². The van der Waals surface area contributed by atoms with E-state index in [-0.39, 0.29) is 0 Å². The van der Waals surface area contributed by atoms with Crippen molar-refractivity contribution < 1.29 is 9.47 Å². The molecule has 0 bridgehead atoms. The number of unbranched alkanes of at least 4 members (excludes halogenated alkanes) is 1. The first-order valence-corrected chi connectivity index (χ1v) is 8.89. The van der Waals surface area contributed by atoms with Gasteiger partial charge in [0.1, 0.15) is 0 Å². The van der Waals surface area contributed by atoms with Gasteiger partial charge in [-0.1, -0.05) is 0 Å². The van der Waals surface area contributed by atoms with Gasteiger partial charge in [-0.3, -0.25) is 4.99 Å². The van der Waals surface area contributed by atoms with Gasteiger partial charge in [-0.15, -0.1) is 0 Å². The molecule has 20 heavy (non-hydrogen) atoms. The molecule has 1 aliphatic rings. The van der Waals surface area contributed by atoms with Crippen LogP contribution >= 0.6 is 11.8 Å². The maximum atomic E-state index is 5.72. The number of hydrogen-bond acceptors (Lipinski definition) is 4. The van der Waals surface area contributed by atoms with Crippen molar-refractivity contribution in [3.8, 4) is 0 Å². The van der Waals surface area contributed by atoms with Crippen molar-refractivity contribution >= 4 is 17.7 Å². The smallest absolute Gasteiger partial charge is 0.190 e. The third kappa shape index (κ3) is 8.66. The highest BCUT2D eigenvalue weighted by molar-refractivity contribution is 7.98. The van der Waals surface area contributed by atoms with Crippen LogP contribution in [0.3, 0.4) is 0 Å². The van der Waals surface area contributed by atoms with Crippen LogP contribution in [0.2, 0.25) is 0 Å². The summed E-state index contributed by atoms with van der Waals surface area (Å²) in [5.74, 6) is 2.12. The molecule has 6 heteroatoms. The average Bonchev–Trinajstić information content (AvgIpc) is 2.97. The van der Waals surface area contributed by atoms with Gasteiger partial charge in [0.15, 0.2) is 5.96 Å². The summed E-state index contributed by atoms with van der Waals surface area (Å²) in [6.07, 6.45) is 6.92. The van der Waals surface area contributed by atoms with Gasteiger partial charge in [-0.25, -0.2) is 0 Å². The van der Waals surface area contributed by atoms with Crippen molar-refractivity contribution in [3.63, 3.8) is 0 Å². The lowest BCUT2D eigenvalue weighted by Crippen LogP contribution is -2.38. The Labute approximate surface area is 127 Å². The summed E-state index contributed by atoms with van der Waals surface area (Å²) in [7, 11) is 1.81. The van der Waals surface area contributed by atoms with Gasteiger partial charge >= 0.3 is 0 Å². The second-order valence-electron chi connectivity index (χ2n) is 4.84. The molecule has 0 saturated carbocycles. The number of aliphatic imine (C=N–C) groups is 1. The van der Waals surface area contributed by atoms with Crippen molar-refractivity contribution in [2.45, 2.75) is 31.8 Å². The Morgan fingerprint density at radius 2 is 2.10 bits per heavy atom. The topological polar surface area (TPSA) is 54.9 Å². The van der Waals surface area contributed by atoms with E-state index in [9.17, 15) is 0 Å². The molecule has 1 unspecified atom stereocenters. The quantitative estimate of drug-likeness (QED) is 0.364. The normalized spacial score (nSPS) is 19.3. The van der Waals surface area contributed by atoms with Crippen molar-refractivity contribution in [3.05, 3.63) is 0 Å². The summed E-state index contributed by atoms with van der Waals surface area (Å²) in [6.45, 7) is 4.25. The molecule has 0 spiro atoms. The second-order valence-corrected chi connectivity index (χ2v) is 5.82. The summed E-state index contributed by atoms with van der Waals surface area (Å²) in [4.78, 5) is 4.21. The predicted molar refractivity (Wildman–Crippen MR) is 86.8 cm³/mol. The molecule has 0 aromatic heterocycles. The zero-order chi connectivity index (χ0) is 14.5. The Kier molecular flexibility index (Phi) is 10.8. The van der Waals surface area contributed by atoms with Crippen molar-refractivity contribution in [1.82, 2.24) is 10.6 Å². The van der Waals surface area contributed by atoms with Crippen LogP contribution in [0.5, 0.6) is 0 Å². The minimum atomic E-state index is 0.309. The van der Waals surface area contributed by atoms with Crippen LogP contribution in [0.1, 0.15) is 25.7 Å². The van der Waals surface area contributed by atoms with Gasteiger partial charge in [0.2, 0.25) is 0 Å². The Morgan fingerprint density at radius 3 is 2.75 bits per heavy atom. The lowest BCUT2D eigenvalue weighted by Gasteiger charge is -2.13. The highest BCUT2D eigenvalue weighted by Crippen LogP contribution is 2.07. The molecule has 1 fully saturated rings. The summed E-state index contributed by atoms with van der Waals surface area (Å²) in [6, 6.07) is 0. The minimum Gasteiger partial charge on any atom is -0.379 e. The summed E-state index contributed by atoms with van der Waals surface area (Å²) in [5.41, 5.74) is 0. The third-order valence-electron chi connectivity index (χ3n) is 3.15. The van der Waals surface area contributed by atoms with Crippen LogP contribution in [0.25, 0.3) is 0 Å². The standard InChI is InChI=1S/C14H29N3O2S/c1-15-14(16-7-3-4-11-20-2)17-8-5-9-19-13-6-10-18-12-13/h13H,3-12H2,1-2H3,(H2,15,16,17). The second kappa shape index (κ2) is 12.3. The Balaban J connectivity index is 1.92. The zero-order valence-electron chi connectivity index (χ0n) is 12.8. The number of rotatable bonds is 10. The van der Waals surface area contributed by atoms with Crippen LogP contribution < -0.4 is 10.6 Å². The maximum Gasteiger partial charge on any atom is 0.190 e. The highest BCUT2D eigenvalue weighted by Gasteiger charge is 2.15. The van der Waals surface area contributed by atoms with Crippen LogP contribution in [-0.4, -0.2) is 64.0 Å². The van der Waals surface area contributed by atoms with E-state index in [1.54, 1.807) is 0 Å². The summed E-state index contributed by atoms with van der Waals surface area (Å²) in [5, 5.41) is 6.64. The first-order chi connectivity index (χ1) is 9.86. The SMILES string of the molecule is CN=C(NCCCCSC)NCCCOC1CCOC1. The zero-order valence-corrected chi connectivity index (χ0v) is 13.6. The van der Waals surface area contributed by atoms with E-state index in [1.807, 2.05) is 18.8 Å². The van der Waals surface area contributed by atoms with E-state index < -0.39 is 0 Å². The van der Waals surface area contributed by atoms with E-state index in [0.717, 1.165) is 51.7 Å². The summed E-state index contributed by atoms with van der Waals surface area (Å²) < 4.78 is 11.0. The highest BCUT2D eigenvalue weighted by atomic mass is 32.2. The predicted octanol–water partition coefficient (Wildman–Crippen LogP) is 1.49. The maximum absolute atomic E-state index is 5.72. The van der Waals surface area contributed by atoms with Gasteiger partial charge in [-0.05, 0) is 37.7 Å². The fourth-order valence-corrected chi connectivity index (χ4v) is 2.46. The molecule has 1 aliphatic heterocycles. The number of guanidine groups is 1. The van der Waals surface area contributed by atoms with Crippen LogP contribution in [0, 0.1) is 0 Å². The molecular formula is C14H29N3O2S. The number of nitrogens with one attached hydrogen (secondary N) is 2. The number of thioether (sulfide) groups is 1. The van der Waals surface area contributed by atoms with Gasteiger partial charge in [-0.2, -0.15) is 11.8 Å². The molecule has 0 aromatic rings. The molecule has 5 nitrogen and oxygen atoms in total. The first-order valence-electron chi connectivity index (χ1n) is 7.49. The Bertz CT molecular complexity index is 259. The van der Waals surface area contributed by atoms with E-state index >= 15 is 0 Å². The van der Waals surface area contributed by atoms with E-state index in [0.29, 0.717) is 6.10 Å². The molecule has 118 valence electrons. The van der Waals surface area contributed by atoms with Gasteiger partial charge in [0.05, 0.1) is 12.7 Å². The van der Waals surface area contributed by atoms with Crippen molar-refractivity contribution in [2.75, 3.05) is 52.0 Å². The number of hydrogen-bond donors (Lipinski definition) is 2. The molecule has 0 aliphatic carbocycles. The molecule has 1 heterocycles. The largest absolute Gasteiger partial charge is 0.379 e. The van der Waals surface area contributed by atoms with Crippen molar-refractivity contribution in [2.24, 2.45) is 4.99 Å². The van der Waals surface area contributed by atoms with Crippen LogP contribution in [0.4, 0.5) is 0 Å². The van der Waals surface area contributed by atoms with Gasteiger partial charge in [0.25, 0.3) is 0 Å². The number of ether oxygens (including phenoxy) is 2. The average molecular weight is 303 g/mol. The van der Waals surface area contributed by atoms with Gasteiger partial charge < -0.3 is 20.1 Å². The fourth-order valence-electron chi connectivity index (χ4n) is 1.97. The van der Waals surface area contributed by atoms with Crippen LogP contribution in [0.15, 0.2) is 4.99 Å². The minimum absolute atomic E-state index is 0.309. The molecule has 0 amide bonds.